The molecular weight excluding hydrogens is 238 g/mol. The van der Waals surface area contributed by atoms with Gasteiger partial charge < -0.3 is 15.2 Å². The second kappa shape index (κ2) is 7.05. The molecule has 2 unspecified atom stereocenters. The van der Waals surface area contributed by atoms with Crippen molar-refractivity contribution in [2.45, 2.75) is 83.0 Å². The molecule has 3 nitrogen and oxygen atoms in total. The second-order valence-corrected chi connectivity index (χ2v) is 6.50. The van der Waals surface area contributed by atoms with Crippen LogP contribution < -0.4 is 5.73 Å². The Labute approximate surface area is 118 Å². The third-order valence-electron chi connectivity index (χ3n) is 5.05. The second-order valence-electron chi connectivity index (χ2n) is 6.50. The monoisotopic (exact) mass is 269 g/mol. The quantitative estimate of drug-likeness (QED) is 0.805. The molecule has 0 aromatic heterocycles. The Morgan fingerprint density at radius 3 is 2.63 bits per heavy atom. The van der Waals surface area contributed by atoms with Crippen LogP contribution in [0.2, 0.25) is 0 Å². The minimum absolute atomic E-state index is 0.0557. The molecule has 1 aliphatic carbocycles. The molecule has 1 heterocycles. The summed E-state index contributed by atoms with van der Waals surface area (Å²) in [6, 6.07) is 0.171. The first-order valence-electron chi connectivity index (χ1n) is 8.17. The van der Waals surface area contributed by atoms with Crippen LogP contribution in [-0.2, 0) is 9.47 Å². The van der Waals surface area contributed by atoms with Crippen molar-refractivity contribution in [1.29, 1.82) is 0 Å². The molecule has 0 aromatic carbocycles. The van der Waals surface area contributed by atoms with Gasteiger partial charge in [-0.3, -0.25) is 0 Å². The molecule has 2 fully saturated rings. The van der Waals surface area contributed by atoms with Crippen LogP contribution in [0.4, 0.5) is 0 Å². The molecule has 0 aromatic rings. The van der Waals surface area contributed by atoms with Crippen LogP contribution in [0, 0.1) is 5.92 Å². The van der Waals surface area contributed by atoms with Crippen LogP contribution in [0.25, 0.3) is 0 Å². The standard InChI is InChI=1S/C16H31NO2/c1-3-19-16(10-8-13(2)9-11-16)15(17)7-6-14-5-4-12-18-14/h13-15H,3-12,17H2,1-2H3. The van der Waals surface area contributed by atoms with Crippen molar-refractivity contribution in [2.24, 2.45) is 11.7 Å². The molecule has 19 heavy (non-hydrogen) atoms. The fourth-order valence-corrected chi connectivity index (χ4v) is 3.66. The van der Waals surface area contributed by atoms with E-state index in [0.29, 0.717) is 6.10 Å². The molecule has 112 valence electrons. The van der Waals surface area contributed by atoms with Crippen LogP contribution in [0.15, 0.2) is 0 Å². The summed E-state index contributed by atoms with van der Waals surface area (Å²) in [4.78, 5) is 0. The summed E-state index contributed by atoms with van der Waals surface area (Å²) in [6.45, 7) is 6.15. The molecule has 2 atom stereocenters. The van der Waals surface area contributed by atoms with Gasteiger partial charge in [0.2, 0.25) is 0 Å². The lowest BCUT2D eigenvalue weighted by Crippen LogP contribution is -2.52. The van der Waals surface area contributed by atoms with Crippen molar-refractivity contribution in [3.63, 3.8) is 0 Å². The Morgan fingerprint density at radius 1 is 1.32 bits per heavy atom. The fraction of sp³-hybridized carbons (Fsp3) is 1.00. The van der Waals surface area contributed by atoms with Gasteiger partial charge in [-0.2, -0.15) is 0 Å². The van der Waals surface area contributed by atoms with Crippen molar-refractivity contribution in [1.82, 2.24) is 0 Å². The van der Waals surface area contributed by atoms with Crippen LogP contribution in [0.1, 0.15) is 65.2 Å². The molecule has 2 rings (SSSR count). The molecule has 2 aliphatic rings. The topological polar surface area (TPSA) is 44.5 Å². The van der Waals surface area contributed by atoms with E-state index in [1.165, 1.54) is 25.7 Å². The Morgan fingerprint density at radius 2 is 2.05 bits per heavy atom. The van der Waals surface area contributed by atoms with Crippen molar-refractivity contribution in [2.75, 3.05) is 13.2 Å². The van der Waals surface area contributed by atoms with Gasteiger partial charge in [0, 0.05) is 19.3 Å². The van der Waals surface area contributed by atoms with Crippen molar-refractivity contribution >= 4 is 0 Å². The minimum Gasteiger partial charge on any atom is -0.378 e. The van der Waals surface area contributed by atoms with Gasteiger partial charge in [0.15, 0.2) is 0 Å². The summed E-state index contributed by atoms with van der Waals surface area (Å²) < 4.78 is 11.8. The zero-order valence-corrected chi connectivity index (χ0v) is 12.7. The smallest absolute Gasteiger partial charge is 0.0832 e. The zero-order valence-electron chi connectivity index (χ0n) is 12.7. The van der Waals surface area contributed by atoms with Crippen molar-refractivity contribution < 1.29 is 9.47 Å². The van der Waals surface area contributed by atoms with Gasteiger partial charge in [-0.05, 0) is 64.2 Å². The largest absolute Gasteiger partial charge is 0.378 e. The third kappa shape index (κ3) is 3.93. The van der Waals surface area contributed by atoms with E-state index in [-0.39, 0.29) is 11.6 Å². The maximum Gasteiger partial charge on any atom is 0.0832 e. The Balaban J connectivity index is 1.86. The highest BCUT2D eigenvalue weighted by atomic mass is 16.5. The van der Waals surface area contributed by atoms with E-state index < -0.39 is 0 Å². The van der Waals surface area contributed by atoms with Gasteiger partial charge in [-0.15, -0.1) is 0 Å². The van der Waals surface area contributed by atoms with Gasteiger partial charge >= 0.3 is 0 Å². The lowest BCUT2D eigenvalue weighted by molar-refractivity contribution is -0.0915. The predicted octanol–water partition coefficient (Wildman–Crippen LogP) is 3.26. The van der Waals surface area contributed by atoms with Gasteiger partial charge in [0.05, 0.1) is 11.7 Å². The van der Waals surface area contributed by atoms with E-state index >= 15 is 0 Å². The molecule has 0 amide bonds. The minimum atomic E-state index is -0.0557. The summed E-state index contributed by atoms with van der Waals surface area (Å²) in [6.07, 6.45) is 9.81. The van der Waals surface area contributed by atoms with Crippen molar-refractivity contribution in [3.05, 3.63) is 0 Å². The summed E-state index contributed by atoms with van der Waals surface area (Å²) >= 11 is 0. The van der Waals surface area contributed by atoms with Crippen LogP contribution in [0.5, 0.6) is 0 Å². The van der Waals surface area contributed by atoms with Gasteiger partial charge in [0.25, 0.3) is 0 Å². The Hall–Kier alpha value is -0.120. The summed E-state index contributed by atoms with van der Waals surface area (Å²) in [5.74, 6) is 0.832. The molecule has 1 aliphatic heterocycles. The molecule has 2 N–H and O–H groups in total. The molecule has 3 heteroatoms. The van der Waals surface area contributed by atoms with Gasteiger partial charge in [0.1, 0.15) is 0 Å². The predicted molar refractivity (Wildman–Crippen MR) is 78.2 cm³/mol. The Kier molecular flexibility index (Phi) is 5.67. The van der Waals surface area contributed by atoms with E-state index in [9.17, 15) is 0 Å². The third-order valence-corrected chi connectivity index (χ3v) is 5.05. The van der Waals surface area contributed by atoms with Crippen LogP contribution >= 0.6 is 0 Å². The van der Waals surface area contributed by atoms with Gasteiger partial charge in [-0.1, -0.05) is 6.92 Å². The summed E-state index contributed by atoms with van der Waals surface area (Å²) in [7, 11) is 0. The van der Waals surface area contributed by atoms with E-state index in [1.54, 1.807) is 0 Å². The molecule has 0 bridgehead atoms. The van der Waals surface area contributed by atoms with E-state index in [0.717, 1.165) is 44.8 Å². The lowest BCUT2D eigenvalue weighted by atomic mass is 9.74. The lowest BCUT2D eigenvalue weighted by Gasteiger charge is -2.43. The van der Waals surface area contributed by atoms with E-state index in [4.69, 9.17) is 15.2 Å². The van der Waals surface area contributed by atoms with Crippen LogP contribution in [-0.4, -0.2) is 31.0 Å². The molecule has 1 saturated carbocycles. The molecule has 1 saturated heterocycles. The van der Waals surface area contributed by atoms with Crippen molar-refractivity contribution in [3.8, 4) is 0 Å². The number of ether oxygens (including phenoxy) is 2. The van der Waals surface area contributed by atoms with Crippen LogP contribution in [0.3, 0.4) is 0 Å². The van der Waals surface area contributed by atoms with Gasteiger partial charge in [-0.25, -0.2) is 0 Å². The molecule has 0 spiro atoms. The molecule has 0 radical (unpaired) electrons. The highest BCUT2D eigenvalue weighted by molar-refractivity contribution is 4.95. The summed E-state index contributed by atoms with van der Waals surface area (Å²) in [5, 5.41) is 0. The fourth-order valence-electron chi connectivity index (χ4n) is 3.66. The van der Waals surface area contributed by atoms with E-state index in [2.05, 4.69) is 13.8 Å². The summed E-state index contributed by atoms with van der Waals surface area (Å²) in [5.41, 5.74) is 6.46. The molecular formula is C16H31NO2. The SMILES string of the molecule is CCOC1(C(N)CCC2CCCO2)CCC(C)CC1. The maximum absolute atomic E-state index is 6.51. The highest BCUT2D eigenvalue weighted by Gasteiger charge is 2.40. The highest BCUT2D eigenvalue weighted by Crippen LogP contribution is 2.38. The first-order valence-corrected chi connectivity index (χ1v) is 8.17. The number of rotatable bonds is 6. The average Bonchev–Trinajstić information content (AvgIpc) is 2.92. The first-order chi connectivity index (χ1) is 9.16. The Bertz CT molecular complexity index is 255. The maximum atomic E-state index is 6.51. The first kappa shape index (κ1) is 15.3. The zero-order chi connectivity index (χ0) is 13.7. The average molecular weight is 269 g/mol. The normalized spacial score (nSPS) is 37.4. The number of nitrogens with two attached hydrogens (primary N) is 1. The number of hydrogen-bond donors (Lipinski definition) is 1. The van der Waals surface area contributed by atoms with E-state index in [1.807, 2.05) is 0 Å². The number of hydrogen-bond acceptors (Lipinski definition) is 3.